The molecular formula is C63H100O6. The van der Waals surface area contributed by atoms with Gasteiger partial charge in [-0.15, -0.1) is 0 Å². The number of hydrogen-bond donors (Lipinski definition) is 0. The van der Waals surface area contributed by atoms with Crippen molar-refractivity contribution in [3.63, 3.8) is 0 Å². The molecule has 0 amide bonds. The van der Waals surface area contributed by atoms with Crippen molar-refractivity contribution >= 4 is 17.9 Å². The van der Waals surface area contributed by atoms with Gasteiger partial charge in [-0.1, -0.05) is 219 Å². The van der Waals surface area contributed by atoms with Crippen LogP contribution in [-0.2, 0) is 28.6 Å². The Morgan fingerprint density at radius 2 is 0.594 bits per heavy atom. The van der Waals surface area contributed by atoms with E-state index in [-0.39, 0.29) is 44.0 Å². The monoisotopic (exact) mass is 953 g/mol. The summed E-state index contributed by atoms with van der Waals surface area (Å²) in [7, 11) is 0. The van der Waals surface area contributed by atoms with Gasteiger partial charge in [-0.05, 0) is 122 Å². The minimum atomic E-state index is -0.832. The van der Waals surface area contributed by atoms with Gasteiger partial charge in [0.2, 0.25) is 0 Å². The van der Waals surface area contributed by atoms with E-state index in [1.54, 1.807) is 0 Å². The summed E-state index contributed by atoms with van der Waals surface area (Å²) >= 11 is 0. The molecule has 0 aromatic rings. The lowest BCUT2D eigenvalue weighted by Gasteiger charge is -2.18. The smallest absolute Gasteiger partial charge is 0.306 e. The maximum Gasteiger partial charge on any atom is 0.306 e. The number of carbonyl (C=O) groups is 3. The van der Waals surface area contributed by atoms with Crippen LogP contribution in [0.1, 0.15) is 226 Å². The van der Waals surface area contributed by atoms with E-state index in [9.17, 15) is 14.4 Å². The van der Waals surface area contributed by atoms with Gasteiger partial charge in [0, 0.05) is 19.3 Å². The summed E-state index contributed by atoms with van der Waals surface area (Å²) in [6.07, 6.45) is 78.8. The van der Waals surface area contributed by atoms with Gasteiger partial charge in [0.1, 0.15) is 13.2 Å². The molecule has 0 aromatic carbocycles. The van der Waals surface area contributed by atoms with Crippen LogP contribution in [0.3, 0.4) is 0 Å². The highest BCUT2D eigenvalue weighted by Crippen LogP contribution is 2.13. The molecule has 388 valence electrons. The fraction of sp³-hybridized carbons (Fsp3) is 0.603. The fourth-order valence-electron chi connectivity index (χ4n) is 7.04. The third-order valence-electron chi connectivity index (χ3n) is 11.1. The summed E-state index contributed by atoms with van der Waals surface area (Å²) in [5, 5.41) is 0. The summed E-state index contributed by atoms with van der Waals surface area (Å²) < 4.78 is 16.7. The van der Waals surface area contributed by atoms with Crippen LogP contribution in [0.4, 0.5) is 0 Å². The zero-order chi connectivity index (χ0) is 50.0. The Balaban J connectivity index is 4.54. The molecule has 0 saturated heterocycles. The molecule has 0 saturated carbocycles. The zero-order valence-electron chi connectivity index (χ0n) is 44.3. The van der Waals surface area contributed by atoms with Crippen molar-refractivity contribution < 1.29 is 28.6 Å². The molecule has 0 N–H and O–H groups in total. The summed E-state index contributed by atoms with van der Waals surface area (Å²) in [6.45, 7) is 6.29. The van der Waals surface area contributed by atoms with Crippen LogP contribution in [0.15, 0.2) is 134 Å². The second kappa shape index (κ2) is 56.1. The summed E-state index contributed by atoms with van der Waals surface area (Å²) in [5.41, 5.74) is 0. The second-order valence-corrected chi connectivity index (χ2v) is 17.7. The normalized spacial score (nSPS) is 13.1. The highest BCUT2D eigenvalue weighted by Gasteiger charge is 2.19. The fourth-order valence-corrected chi connectivity index (χ4v) is 7.04. The van der Waals surface area contributed by atoms with E-state index in [2.05, 4.69) is 142 Å². The van der Waals surface area contributed by atoms with Crippen molar-refractivity contribution in [2.45, 2.75) is 232 Å². The van der Waals surface area contributed by atoms with E-state index >= 15 is 0 Å². The van der Waals surface area contributed by atoms with Gasteiger partial charge in [-0.2, -0.15) is 0 Å². The highest BCUT2D eigenvalue weighted by molar-refractivity contribution is 5.71. The van der Waals surface area contributed by atoms with Crippen LogP contribution in [0.2, 0.25) is 0 Å². The van der Waals surface area contributed by atoms with Crippen LogP contribution in [0, 0.1) is 0 Å². The third-order valence-corrected chi connectivity index (χ3v) is 11.1. The van der Waals surface area contributed by atoms with Crippen LogP contribution < -0.4 is 0 Å². The van der Waals surface area contributed by atoms with Crippen molar-refractivity contribution in [3.05, 3.63) is 134 Å². The summed E-state index contributed by atoms with van der Waals surface area (Å²) in [5.74, 6) is -1.06. The van der Waals surface area contributed by atoms with E-state index in [0.29, 0.717) is 19.3 Å². The number of hydrogen-bond acceptors (Lipinski definition) is 6. The van der Waals surface area contributed by atoms with Crippen molar-refractivity contribution in [3.8, 4) is 0 Å². The lowest BCUT2D eigenvalue weighted by Crippen LogP contribution is -2.30. The van der Waals surface area contributed by atoms with E-state index in [1.807, 2.05) is 12.2 Å². The first-order valence-electron chi connectivity index (χ1n) is 27.7. The first kappa shape index (κ1) is 64.5. The maximum atomic E-state index is 12.8. The molecule has 0 bridgehead atoms. The van der Waals surface area contributed by atoms with E-state index in [1.165, 1.54) is 77.0 Å². The lowest BCUT2D eigenvalue weighted by molar-refractivity contribution is -0.166. The van der Waals surface area contributed by atoms with E-state index in [4.69, 9.17) is 14.2 Å². The second-order valence-electron chi connectivity index (χ2n) is 17.7. The van der Waals surface area contributed by atoms with Gasteiger partial charge < -0.3 is 14.2 Å². The molecule has 1 unspecified atom stereocenters. The van der Waals surface area contributed by atoms with Gasteiger partial charge in [0.05, 0.1) is 0 Å². The predicted octanol–water partition coefficient (Wildman–Crippen LogP) is 18.6. The number of esters is 3. The van der Waals surface area contributed by atoms with E-state index < -0.39 is 6.10 Å². The Morgan fingerprint density at radius 3 is 1.01 bits per heavy atom. The molecule has 0 aliphatic heterocycles. The maximum absolute atomic E-state index is 12.8. The molecule has 1 atom stereocenters. The molecule has 0 radical (unpaired) electrons. The summed E-state index contributed by atoms with van der Waals surface area (Å²) in [4.78, 5) is 38.0. The molecule has 6 heteroatoms. The number of ether oxygens (including phenoxy) is 3. The molecular weight excluding hydrogens is 853 g/mol. The van der Waals surface area contributed by atoms with Crippen molar-refractivity contribution in [1.82, 2.24) is 0 Å². The van der Waals surface area contributed by atoms with Crippen LogP contribution in [0.5, 0.6) is 0 Å². The average Bonchev–Trinajstić information content (AvgIpc) is 3.35. The molecule has 6 nitrogen and oxygen atoms in total. The van der Waals surface area contributed by atoms with Crippen molar-refractivity contribution in [2.75, 3.05) is 13.2 Å². The first-order chi connectivity index (χ1) is 34.0. The SMILES string of the molecule is CC/C=C\C/C=C\C/C=C\C/C=C\C/C=C\C/C=C\CCCCC(=O)OCC(COC(=O)CC/C=C\C/C=C\C/C=C\C/C=C\CC)OC(=O)CCCCCCCCC/C=C\CCCCCCCC. The zero-order valence-corrected chi connectivity index (χ0v) is 44.3. The largest absolute Gasteiger partial charge is 0.462 e. The average molecular weight is 953 g/mol. The van der Waals surface area contributed by atoms with Gasteiger partial charge >= 0.3 is 17.9 Å². The molecule has 0 aliphatic carbocycles. The van der Waals surface area contributed by atoms with Crippen LogP contribution in [0.25, 0.3) is 0 Å². The molecule has 0 fully saturated rings. The van der Waals surface area contributed by atoms with Gasteiger partial charge in [0.15, 0.2) is 6.10 Å². The molecule has 0 spiro atoms. The van der Waals surface area contributed by atoms with E-state index in [0.717, 1.165) is 96.3 Å². The Morgan fingerprint density at radius 1 is 0.304 bits per heavy atom. The third kappa shape index (κ3) is 54.4. The Kier molecular flexibility index (Phi) is 52.5. The highest BCUT2D eigenvalue weighted by atomic mass is 16.6. The molecule has 0 rings (SSSR count). The molecule has 0 heterocycles. The minimum Gasteiger partial charge on any atom is -0.462 e. The molecule has 0 aromatic heterocycles. The van der Waals surface area contributed by atoms with Crippen LogP contribution >= 0.6 is 0 Å². The van der Waals surface area contributed by atoms with Crippen LogP contribution in [-0.4, -0.2) is 37.2 Å². The van der Waals surface area contributed by atoms with Gasteiger partial charge in [-0.25, -0.2) is 0 Å². The first-order valence-corrected chi connectivity index (χ1v) is 27.7. The van der Waals surface area contributed by atoms with Crippen molar-refractivity contribution in [2.24, 2.45) is 0 Å². The number of carbonyl (C=O) groups excluding carboxylic acids is 3. The van der Waals surface area contributed by atoms with Crippen molar-refractivity contribution in [1.29, 1.82) is 0 Å². The van der Waals surface area contributed by atoms with Gasteiger partial charge in [-0.3, -0.25) is 14.4 Å². The predicted molar refractivity (Wildman–Crippen MR) is 297 cm³/mol. The molecule has 69 heavy (non-hydrogen) atoms. The lowest BCUT2D eigenvalue weighted by atomic mass is 10.1. The number of unbranched alkanes of at least 4 members (excludes halogenated alkanes) is 15. The topological polar surface area (TPSA) is 78.9 Å². The number of rotatable bonds is 48. The minimum absolute atomic E-state index is 0.129. The Bertz CT molecular complexity index is 1510. The Labute approximate surface area is 424 Å². The Hall–Kier alpha value is -4.45. The number of allylic oxidation sites excluding steroid dienone is 22. The standard InChI is InChI=1S/C63H100O6/c1-4-7-10-13-16-19-22-25-27-29-30-31-32-34-35-38-41-44-47-50-53-56-62(65)68-59-60(58-67-61(64)55-52-49-46-43-40-37-24-21-18-15-12-9-6-3)69-63(66)57-54-51-48-45-42-39-36-33-28-26-23-20-17-14-11-8-5-2/h7,9-10,12,16,18-19,21,25-28,30-31,34-35,37,40-41,44,46,49,60H,4-6,8,11,13-15,17,20,22-24,29,32-33,36,38-39,42-43,45,47-48,50-59H2,1-3H3/b10-7-,12-9-,19-16-,21-18-,27-25-,28-26-,31-30-,35-34-,40-37-,44-41-,49-46-. The summed E-state index contributed by atoms with van der Waals surface area (Å²) in [6, 6.07) is 0. The molecule has 0 aliphatic rings. The quantitative estimate of drug-likeness (QED) is 0.0262. The van der Waals surface area contributed by atoms with Gasteiger partial charge in [0.25, 0.3) is 0 Å².